The number of imidazole rings is 1. The summed E-state index contributed by atoms with van der Waals surface area (Å²) in [5.41, 5.74) is 4.84. The lowest BCUT2D eigenvalue weighted by atomic mass is 10.2. The molecule has 4 aromatic rings. The second kappa shape index (κ2) is 8.78. The smallest absolute Gasteiger partial charge is 0.251 e. The molecule has 0 aliphatic carbocycles. The molecule has 0 saturated heterocycles. The van der Waals surface area contributed by atoms with Gasteiger partial charge in [-0.25, -0.2) is 9.67 Å². The lowest BCUT2D eigenvalue weighted by molar-refractivity contribution is 0.0954. The van der Waals surface area contributed by atoms with Crippen molar-refractivity contribution in [3.63, 3.8) is 0 Å². The van der Waals surface area contributed by atoms with Gasteiger partial charge in [0, 0.05) is 43.2 Å². The normalized spacial score (nSPS) is 10.9. The first-order valence-corrected chi connectivity index (χ1v) is 10.1. The van der Waals surface area contributed by atoms with Crippen LogP contribution in [0.2, 0.25) is 0 Å². The Bertz CT molecular complexity index is 1130. The maximum atomic E-state index is 12.5. The molecule has 30 heavy (non-hydrogen) atoms. The lowest BCUT2D eigenvalue weighted by Crippen LogP contribution is -2.26. The Labute approximate surface area is 176 Å². The third-order valence-corrected chi connectivity index (χ3v) is 5.02. The van der Waals surface area contributed by atoms with Crippen LogP contribution in [0.1, 0.15) is 33.1 Å². The van der Waals surface area contributed by atoms with E-state index >= 15 is 0 Å². The van der Waals surface area contributed by atoms with Crippen molar-refractivity contribution in [2.24, 2.45) is 0 Å². The molecule has 0 aliphatic heterocycles. The molecule has 0 radical (unpaired) electrons. The first kappa shape index (κ1) is 19.6. The molecule has 2 aromatic heterocycles. The maximum absolute atomic E-state index is 12.5. The van der Waals surface area contributed by atoms with E-state index in [1.807, 2.05) is 73.3 Å². The monoisotopic (exact) mass is 399 g/mol. The van der Waals surface area contributed by atoms with Gasteiger partial charge < -0.3 is 9.88 Å². The van der Waals surface area contributed by atoms with Crippen molar-refractivity contribution in [3.8, 4) is 5.69 Å². The Morgan fingerprint density at radius 2 is 1.80 bits per heavy atom. The highest BCUT2D eigenvalue weighted by molar-refractivity contribution is 5.94. The van der Waals surface area contributed by atoms with E-state index in [0.29, 0.717) is 18.5 Å². The van der Waals surface area contributed by atoms with Crippen LogP contribution in [-0.4, -0.2) is 31.8 Å². The van der Waals surface area contributed by atoms with Crippen LogP contribution in [-0.2, 0) is 13.0 Å². The number of benzene rings is 2. The SMILES string of the molecule is Cc1cc(C)n(-c2ccc(C(=O)NCCc3nccn3Cc3ccccc3)cc2)n1. The van der Waals surface area contributed by atoms with Gasteiger partial charge in [0.05, 0.1) is 11.4 Å². The number of hydrogen-bond acceptors (Lipinski definition) is 3. The van der Waals surface area contributed by atoms with Crippen LogP contribution < -0.4 is 5.32 Å². The number of rotatable bonds is 7. The molecule has 0 atom stereocenters. The number of nitrogens with one attached hydrogen (secondary N) is 1. The molecule has 2 aromatic carbocycles. The molecule has 0 saturated carbocycles. The minimum atomic E-state index is -0.0870. The number of hydrogen-bond donors (Lipinski definition) is 1. The molecule has 0 fully saturated rings. The van der Waals surface area contributed by atoms with Gasteiger partial charge in [0.15, 0.2) is 0 Å². The Morgan fingerprint density at radius 1 is 1.03 bits per heavy atom. The summed E-state index contributed by atoms with van der Waals surface area (Å²) in [6.07, 6.45) is 4.45. The van der Waals surface area contributed by atoms with Crippen molar-refractivity contribution >= 4 is 5.91 Å². The molecule has 6 nitrogen and oxygen atoms in total. The first-order valence-electron chi connectivity index (χ1n) is 10.1. The molecule has 6 heteroatoms. The first-order chi connectivity index (χ1) is 14.6. The number of amides is 1. The highest BCUT2D eigenvalue weighted by Crippen LogP contribution is 2.13. The fraction of sp³-hybridized carbons (Fsp3) is 0.208. The Hall–Kier alpha value is -3.67. The van der Waals surface area contributed by atoms with E-state index < -0.39 is 0 Å². The lowest BCUT2D eigenvalue weighted by Gasteiger charge is -2.10. The largest absolute Gasteiger partial charge is 0.352 e. The molecule has 4 rings (SSSR count). The molecule has 0 unspecified atom stereocenters. The van der Waals surface area contributed by atoms with Gasteiger partial charge in [-0.15, -0.1) is 0 Å². The molecule has 0 aliphatic rings. The van der Waals surface area contributed by atoms with Crippen molar-refractivity contribution in [1.82, 2.24) is 24.6 Å². The number of aromatic nitrogens is 4. The standard InChI is InChI=1S/C24H25N5O/c1-18-16-19(2)29(27-18)22-10-8-21(9-11-22)24(30)26-13-12-23-25-14-15-28(23)17-20-6-4-3-5-7-20/h3-11,14-16H,12-13,17H2,1-2H3,(H,26,30). The minimum absolute atomic E-state index is 0.0870. The molecule has 2 heterocycles. The molecule has 1 amide bonds. The van der Waals surface area contributed by atoms with Gasteiger partial charge in [-0.2, -0.15) is 5.10 Å². The van der Waals surface area contributed by atoms with E-state index in [2.05, 4.69) is 32.1 Å². The van der Waals surface area contributed by atoms with Crippen molar-refractivity contribution < 1.29 is 4.79 Å². The Balaban J connectivity index is 1.33. The van der Waals surface area contributed by atoms with Gasteiger partial charge in [-0.05, 0) is 49.7 Å². The summed E-state index contributed by atoms with van der Waals surface area (Å²) >= 11 is 0. The minimum Gasteiger partial charge on any atom is -0.352 e. The van der Waals surface area contributed by atoms with Crippen LogP contribution in [0.3, 0.4) is 0 Å². The Kier molecular flexibility index (Phi) is 5.75. The van der Waals surface area contributed by atoms with E-state index in [9.17, 15) is 4.79 Å². The van der Waals surface area contributed by atoms with Crippen LogP contribution in [0.5, 0.6) is 0 Å². The van der Waals surface area contributed by atoms with Crippen LogP contribution in [0, 0.1) is 13.8 Å². The van der Waals surface area contributed by atoms with Crippen molar-refractivity contribution in [2.45, 2.75) is 26.8 Å². The van der Waals surface area contributed by atoms with Crippen molar-refractivity contribution in [1.29, 1.82) is 0 Å². The van der Waals surface area contributed by atoms with Gasteiger partial charge in [-0.3, -0.25) is 4.79 Å². The summed E-state index contributed by atoms with van der Waals surface area (Å²) in [4.78, 5) is 16.9. The van der Waals surface area contributed by atoms with Gasteiger partial charge in [0.1, 0.15) is 5.82 Å². The highest BCUT2D eigenvalue weighted by Gasteiger charge is 2.09. The average Bonchev–Trinajstić information content (AvgIpc) is 3.34. The zero-order valence-electron chi connectivity index (χ0n) is 17.2. The number of nitrogens with zero attached hydrogens (tertiary/aromatic N) is 4. The van der Waals surface area contributed by atoms with Crippen LogP contribution in [0.4, 0.5) is 0 Å². The summed E-state index contributed by atoms with van der Waals surface area (Å²) in [6.45, 7) is 5.29. The van der Waals surface area contributed by atoms with Gasteiger partial charge in [0.25, 0.3) is 5.91 Å². The van der Waals surface area contributed by atoms with Crippen LogP contribution in [0.15, 0.2) is 73.1 Å². The molecule has 1 N–H and O–H groups in total. The fourth-order valence-corrected chi connectivity index (χ4v) is 3.53. The summed E-state index contributed by atoms with van der Waals surface area (Å²) in [5.74, 6) is 0.870. The summed E-state index contributed by atoms with van der Waals surface area (Å²) in [6, 6.07) is 19.8. The van der Waals surface area contributed by atoms with E-state index in [1.54, 1.807) is 6.20 Å². The van der Waals surface area contributed by atoms with Crippen molar-refractivity contribution in [2.75, 3.05) is 6.54 Å². The van der Waals surface area contributed by atoms with Gasteiger partial charge in [-0.1, -0.05) is 30.3 Å². The predicted octanol–water partition coefficient (Wildman–Crippen LogP) is 3.71. The quantitative estimate of drug-likeness (QED) is 0.515. The summed E-state index contributed by atoms with van der Waals surface area (Å²) in [7, 11) is 0. The van der Waals surface area contributed by atoms with Crippen LogP contribution >= 0.6 is 0 Å². The van der Waals surface area contributed by atoms with E-state index in [1.165, 1.54) is 5.56 Å². The van der Waals surface area contributed by atoms with Gasteiger partial charge in [0.2, 0.25) is 0 Å². The fourth-order valence-electron chi connectivity index (χ4n) is 3.53. The number of carbonyl (C=O) groups excluding carboxylic acids is 1. The van der Waals surface area contributed by atoms with Crippen molar-refractivity contribution in [3.05, 3.63) is 101 Å². The second-order valence-electron chi connectivity index (χ2n) is 7.35. The third-order valence-electron chi connectivity index (χ3n) is 5.02. The zero-order chi connectivity index (χ0) is 20.9. The summed E-state index contributed by atoms with van der Waals surface area (Å²) < 4.78 is 3.99. The molecule has 152 valence electrons. The van der Waals surface area contributed by atoms with Crippen LogP contribution in [0.25, 0.3) is 5.69 Å². The zero-order valence-corrected chi connectivity index (χ0v) is 17.2. The van der Waals surface area contributed by atoms with E-state index in [-0.39, 0.29) is 5.91 Å². The number of carbonyl (C=O) groups is 1. The maximum Gasteiger partial charge on any atom is 0.251 e. The summed E-state index contributed by atoms with van der Waals surface area (Å²) in [5, 5.41) is 7.47. The highest BCUT2D eigenvalue weighted by atomic mass is 16.1. The third kappa shape index (κ3) is 4.49. The number of aryl methyl sites for hydroxylation is 2. The second-order valence-corrected chi connectivity index (χ2v) is 7.35. The average molecular weight is 399 g/mol. The van der Waals surface area contributed by atoms with Gasteiger partial charge >= 0.3 is 0 Å². The molecular formula is C24H25N5O. The topological polar surface area (TPSA) is 64.7 Å². The molecule has 0 bridgehead atoms. The Morgan fingerprint density at radius 3 is 2.50 bits per heavy atom. The van der Waals surface area contributed by atoms with E-state index in [4.69, 9.17) is 0 Å². The molecular weight excluding hydrogens is 374 g/mol. The molecule has 0 spiro atoms. The predicted molar refractivity (Wildman–Crippen MR) is 117 cm³/mol. The van der Waals surface area contributed by atoms with E-state index in [0.717, 1.165) is 29.4 Å².